The number of aryl methyl sites for hydroxylation is 1. The number of carbonyl (C=O) groups excluding carboxylic acids is 1. The van der Waals surface area contributed by atoms with Crippen LogP contribution in [0.5, 0.6) is 0 Å². The zero-order chi connectivity index (χ0) is 17.9. The predicted molar refractivity (Wildman–Crippen MR) is 83.3 cm³/mol. The molecule has 2 aromatic rings. The zero-order valence-electron chi connectivity index (χ0n) is 12.9. The van der Waals surface area contributed by atoms with Gasteiger partial charge in [0, 0.05) is 24.5 Å². The van der Waals surface area contributed by atoms with E-state index in [9.17, 15) is 22.0 Å². The summed E-state index contributed by atoms with van der Waals surface area (Å²) in [5.41, 5.74) is 0.708. The molecule has 0 aliphatic rings. The number of hydrogen-bond donors (Lipinski definition) is 2. The van der Waals surface area contributed by atoms with E-state index in [1.165, 1.54) is 23.0 Å². The fourth-order valence-electron chi connectivity index (χ4n) is 2.11. The Hall–Kier alpha value is -2.33. The molecular weight excluding hydrogens is 342 g/mol. The van der Waals surface area contributed by atoms with Crippen LogP contribution in [0.15, 0.2) is 41.6 Å². The molecule has 0 radical (unpaired) electrons. The van der Waals surface area contributed by atoms with Crippen LogP contribution in [-0.4, -0.2) is 36.9 Å². The number of sulfone groups is 1. The quantitative estimate of drug-likeness (QED) is 0.812. The molecule has 2 rings (SSSR count). The summed E-state index contributed by atoms with van der Waals surface area (Å²) >= 11 is 0. The van der Waals surface area contributed by atoms with Crippen molar-refractivity contribution in [2.45, 2.75) is 16.7 Å². The summed E-state index contributed by atoms with van der Waals surface area (Å²) < 4.78 is 49.7. The first-order valence-corrected chi connectivity index (χ1v) is 8.39. The third kappa shape index (κ3) is 3.77. The van der Waals surface area contributed by atoms with Crippen molar-refractivity contribution >= 4 is 21.4 Å². The van der Waals surface area contributed by atoms with E-state index in [0.717, 1.165) is 12.1 Å². The van der Waals surface area contributed by atoms with Gasteiger partial charge in [-0.3, -0.25) is 9.48 Å². The van der Waals surface area contributed by atoms with E-state index in [1.807, 2.05) is 0 Å². The Labute approximate surface area is 137 Å². The fraction of sp³-hybridized carbons (Fsp3) is 0.286. The van der Waals surface area contributed by atoms with Crippen LogP contribution in [0.1, 0.15) is 11.6 Å². The first-order chi connectivity index (χ1) is 11.3. The molecular formula is C14H16F2N4O3S. The maximum Gasteiger partial charge on any atom is 0.341 e. The van der Waals surface area contributed by atoms with Crippen molar-refractivity contribution in [1.29, 1.82) is 0 Å². The minimum atomic E-state index is -4.72. The molecule has 7 nitrogen and oxygen atoms in total. The lowest BCUT2D eigenvalue weighted by atomic mass is 10.1. The van der Waals surface area contributed by atoms with Gasteiger partial charge in [-0.25, -0.2) is 8.42 Å². The van der Waals surface area contributed by atoms with Crippen LogP contribution >= 0.6 is 0 Å². The molecule has 1 aromatic carbocycles. The SMILES string of the molecule is CNC(C(=O)Nc1cccc(S(=O)(=O)C(F)F)c1)c1cnn(C)c1. The maximum atomic E-state index is 12.6. The molecule has 0 aliphatic heterocycles. The Morgan fingerprint density at radius 1 is 1.33 bits per heavy atom. The van der Waals surface area contributed by atoms with Crippen molar-refractivity contribution < 1.29 is 22.0 Å². The van der Waals surface area contributed by atoms with Crippen LogP contribution in [0.25, 0.3) is 0 Å². The van der Waals surface area contributed by atoms with Crippen molar-refractivity contribution in [1.82, 2.24) is 15.1 Å². The number of hydrogen-bond acceptors (Lipinski definition) is 5. The summed E-state index contributed by atoms with van der Waals surface area (Å²) in [5.74, 6) is -4.00. The van der Waals surface area contributed by atoms with Gasteiger partial charge in [-0.05, 0) is 25.2 Å². The van der Waals surface area contributed by atoms with Gasteiger partial charge >= 0.3 is 5.76 Å². The van der Waals surface area contributed by atoms with Gasteiger partial charge < -0.3 is 10.6 Å². The summed E-state index contributed by atoms with van der Waals surface area (Å²) in [4.78, 5) is 11.8. The highest BCUT2D eigenvalue weighted by molar-refractivity contribution is 7.91. The first-order valence-electron chi connectivity index (χ1n) is 6.84. The number of anilines is 1. The summed E-state index contributed by atoms with van der Waals surface area (Å²) in [6.45, 7) is 0. The van der Waals surface area contributed by atoms with Crippen LogP contribution in [0.2, 0.25) is 0 Å². The van der Waals surface area contributed by atoms with Gasteiger partial charge in [-0.15, -0.1) is 0 Å². The summed E-state index contributed by atoms with van der Waals surface area (Å²) in [6.07, 6.45) is 3.16. The Morgan fingerprint density at radius 2 is 2.04 bits per heavy atom. The highest BCUT2D eigenvalue weighted by atomic mass is 32.2. The van der Waals surface area contributed by atoms with Gasteiger partial charge in [0.1, 0.15) is 6.04 Å². The van der Waals surface area contributed by atoms with Crippen molar-refractivity contribution in [2.75, 3.05) is 12.4 Å². The van der Waals surface area contributed by atoms with E-state index in [-0.39, 0.29) is 5.69 Å². The minimum absolute atomic E-state index is 0.103. The molecule has 1 aromatic heterocycles. The number of alkyl halides is 2. The summed E-state index contributed by atoms with van der Waals surface area (Å²) in [6, 6.07) is 4.01. The van der Waals surface area contributed by atoms with Crippen LogP contribution in [0.3, 0.4) is 0 Å². The van der Waals surface area contributed by atoms with E-state index < -0.39 is 32.4 Å². The number of likely N-dealkylation sites (N-methyl/N-ethyl adjacent to an activating group) is 1. The highest BCUT2D eigenvalue weighted by Crippen LogP contribution is 2.22. The topological polar surface area (TPSA) is 93.1 Å². The zero-order valence-corrected chi connectivity index (χ0v) is 13.7. The second kappa shape index (κ2) is 7.05. The molecule has 1 unspecified atom stereocenters. The molecule has 0 aliphatic carbocycles. The average molecular weight is 358 g/mol. The molecule has 24 heavy (non-hydrogen) atoms. The monoisotopic (exact) mass is 358 g/mol. The fourth-order valence-corrected chi connectivity index (χ4v) is 2.87. The van der Waals surface area contributed by atoms with Gasteiger partial charge in [0.05, 0.1) is 11.1 Å². The Balaban J connectivity index is 2.23. The molecule has 10 heteroatoms. The normalized spacial score (nSPS) is 13.0. The lowest BCUT2D eigenvalue weighted by Gasteiger charge is -2.15. The second-order valence-corrected chi connectivity index (χ2v) is 6.91. The third-order valence-corrected chi connectivity index (χ3v) is 4.65. The van der Waals surface area contributed by atoms with Crippen molar-refractivity contribution in [3.63, 3.8) is 0 Å². The molecule has 1 heterocycles. The van der Waals surface area contributed by atoms with Crippen LogP contribution < -0.4 is 10.6 Å². The van der Waals surface area contributed by atoms with Crippen molar-refractivity contribution in [3.05, 3.63) is 42.2 Å². The van der Waals surface area contributed by atoms with E-state index >= 15 is 0 Å². The van der Waals surface area contributed by atoms with E-state index in [4.69, 9.17) is 0 Å². The number of halogens is 2. The average Bonchev–Trinajstić information content (AvgIpc) is 2.94. The third-order valence-electron chi connectivity index (χ3n) is 3.27. The number of nitrogens with one attached hydrogen (secondary N) is 2. The smallest absolute Gasteiger partial charge is 0.324 e. The van der Waals surface area contributed by atoms with Gasteiger partial charge in [0.15, 0.2) is 0 Å². The predicted octanol–water partition coefficient (Wildman–Crippen LogP) is 1.32. The Kier molecular flexibility index (Phi) is 5.30. The van der Waals surface area contributed by atoms with Gasteiger partial charge in [-0.2, -0.15) is 13.9 Å². The lowest BCUT2D eigenvalue weighted by Crippen LogP contribution is -2.30. The van der Waals surface area contributed by atoms with Crippen LogP contribution in [-0.2, 0) is 21.7 Å². The minimum Gasteiger partial charge on any atom is -0.324 e. The number of rotatable bonds is 6. The molecule has 2 N–H and O–H groups in total. The molecule has 1 atom stereocenters. The summed E-state index contributed by atoms with van der Waals surface area (Å²) in [5, 5.41) is 9.29. The van der Waals surface area contributed by atoms with E-state index in [1.54, 1.807) is 20.3 Å². The molecule has 130 valence electrons. The molecule has 1 amide bonds. The number of nitrogens with zero attached hydrogens (tertiary/aromatic N) is 2. The maximum absolute atomic E-state index is 12.6. The number of amides is 1. The Bertz CT molecular complexity index is 836. The standard InChI is InChI=1S/C14H16F2N4O3S/c1-17-12(9-7-18-20(2)8-9)13(21)19-10-4-3-5-11(6-10)24(22,23)14(15)16/h3-8,12,14,17H,1-2H3,(H,19,21). The van der Waals surface area contributed by atoms with Crippen molar-refractivity contribution in [3.8, 4) is 0 Å². The van der Waals surface area contributed by atoms with Crippen molar-refractivity contribution in [2.24, 2.45) is 7.05 Å². The van der Waals surface area contributed by atoms with E-state index in [0.29, 0.717) is 5.56 Å². The molecule has 0 saturated heterocycles. The largest absolute Gasteiger partial charge is 0.341 e. The molecule has 0 spiro atoms. The van der Waals surface area contributed by atoms with Gasteiger partial charge in [0.25, 0.3) is 0 Å². The molecule has 0 fully saturated rings. The van der Waals surface area contributed by atoms with Gasteiger partial charge in [-0.1, -0.05) is 6.07 Å². The van der Waals surface area contributed by atoms with Gasteiger partial charge in [0.2, 0.25) is 15.7 Å². The number of benzene rings is 1. The Morgan fingerprint density at radius 3 is 2.58 bits per heavy atom. The lowest BCUT2D eigenvalue weighted by molar-refractivity contribution is -0.118. The number of aromatic nitrogens is 2. The van der Waals surface area contributed by atoms with E-state index in [2.05, 4.69) is 15.7 Å². The number of carbonyl (C=O) groups is 1. The highest BCUT2D eigenvalue weighted by Gasteiger charge is 2.27. The van der Waals surface area contributed by atoms with Crippen LogP contribution in [0.4, 0.5) is 14.5 Å². The second-order valence-electron chi connectivity index (χ2n) is 4.99. The molecule has 0 bridgehead atoms. The van der Waals surface area contributed by atoms with Crippen LogP contribution in [0, 0.1) is 0 Å². The first kappa shape index (κ1) is 18.0. The molecule has 0 saturated carbocycles. The summed E-state index contributed by atoms with van der Waals surface area (Å²) in [7, 11) is -1.44.